The highest BCUT2D eigenvalue weighted by Gasteiger charge is 2.09. The van der Waals surface area contributed by atoms with Crippen molar-refractivity contribution in [2.75, 3.05) is 5.43 Å². The van der Waals surface area contributed by atoms with Gasteiger partial charge in [0.2, 0.25) is 0 Å². The van der Waals surface area contributed by atoms with E-state index >= 15 is 0 Å². The van der Waals surface area contributed by atoms with Crippen molar-refractivity contribution in [3.05, 3.63) is 46.7 Å². The van der Waals surface area contributed by atoms with Gasteiger partial charge in [-0.1, -0.05) is 6.07 Å². The third-order valence-corrected chi connectivity index (χ3v) is 3.71. The third-order valence-electron chi connectivity index (χ3n) is 2.83. The molecule has 6 nitrogen and oxygen atoms in total. The summed E-state index contributed by atoms with van der Waals surface area (Å²) in [7, 11) is 1.87. The second-order valence-corrected chi connectivity index (χ2v) is 5.39. The largest absolute Gasteiger partial charge is 0.308 e. The summed E-state index contributed by atoms with van der Waals surface area (Å²) >= 11 is 1.69. The summed E-state index contributed by atoms with van der Waals surface area (Å²) in [5, 5.41) is 6.20. The maximum atomic E-state index is 5.49. The average molecular weight is 286 g/mol. The molecule has 3 heterocycles. The van der Waals surface area contributed by atoms with Gasteiger partial charge in [-0.25, -0.2) is 15.8 Å². The van der Waals surface area contributed by atoms with Crippen LogP contribution in [0.25, 0.3) is 11.3 Å². The fourth-order valence-electron chi connectivity index (χ4n) is 1.92. The monoisotopic (exact) mass is 286 g/mol. The molecular formula is C13H14N6S. The molecule has 0 aliphatic heterocycles. The number of nitrogens with one attached hydrogen (secondary N) is 1. The number of aromatic nitrogens is 4. The molecule has 3 aromatic heterocycles. The number of nitrogens with two attached hydrogens (primary N) is 1. The molecule has 20 heavy (non-hydrogen) atoms. The zero-order valence-corrected chi connectivity index (χ0v) is 11.8. The minimum absolute atomic E-state index is 0.602. The Kier molecular flexibility index (Phi) is 3.44. The van der Waals surface area contributed by atoms with E-state index in [4.69, 9.17) is 5.84 Å². The molecule has 0 aliphatic carbocycles. The summed E-state index contributed by atoms with van der Waals surface area (Å²) in [6.45, 7) is 0. The molecule has 0 unspecified atom stereocenters. The van der Waals surface area contributed by atoms with Gasteiger partial charge in [0.1, 0.15) is 11.6 Å². The molecule has 0 atom stereocenters. The number of aryl methyl sites for hydroxylation is 1. The first-order valence-electron chi connectivity index (χ1n) is 6.10. The van der Waals surface area contributed by atoms with Gasteiger partial charge < -0.3 is 5.43 Å². The van der Waals surface area contributed by atoms with E-state index in [0.29, 0.717) is 12.2 Å². The normalized spacial score (nSPS) is 10.7. The van der Waals surface area contributed by atoms with Crippen molar-refractivity contribution in [3.63, 3.8) is 0 Å². The Hall–Kier alpha value is -2.25. The lowest BCUT2D eigenvalue weighted by Gasteiger charge is -2.06. The second-order valence-electron chi connectivity index (χ2n) is 4.36. The van der Waals surface area contributed by atoms with Crippen LogP contribution in [0.3, 0.4) is 0 Å². The van der Waals surface area contributed by atoms with Gasteiger partial charge in [0, 0.05) is 36.2 Å². The minimum Gasteiger partial charge on any atom is -0.308 e. The highest BCUT2D eigenvalue weighted by atomic mass is 32.1. The standard InChI is InChI=1S/C13H14N6S/c1-19-8-9(7-15-19)11-6-13(18-14)17-12(16-11)5-10-3-2-4-20-10/h2-4,6-8H,5,14H2,1H3,(H,16,17,18). The van der Waals surface area contributed by atoms with Crippen molar-refractivity contribution in [2.24, 2.45) is 12.9 Å². The van der Waals surface area contributed by atoms with Crippen LogP contribution >= 0.6 is 11.3 Å². The quantitative estimate of drug-likeness (QED) is 0.564. The Labute approximate surface area is 120 Å². The topological polar surface area (TPSA) is 81.7 Å². The molecule has 0 fully saturated rings. The van der Waals surface area contributed by atoms with E-state index in [1.807, 2.05) is 30.8 Å². The third kappa shape index (κ3) is 2.68. The van der Waals surface area contributed by atoms with Gasteiger partial charge >= 0.3 is 0 Å². The van der Waals surface area contributed by atoms with Crippen molar-refractivity contribution in [3.8, 4) is 11.3 Å². The van der Waals surface area contributed by atoms with Gasteiger partial charge in [-0.05, 0) is 11.4 Å². The van der Waals surface area contributed by atoms with Gasteiger partial charge in [-0.3, -0.25) is 4.68 Å². The highest BCUT2D eigenvalue weighted by Crippen LogP contribution is 2.20. The highest BCUT2D eigenvalue weighted by molar-refractivity contribution is 7.09. The number of nitrogens with zero attached hydrogens (tertiary/aromatic N) is 4. The van der Waals surface area contributed by atoms with Gasteiger partial charge in [-0.15, -0.1) is 11.3 Å². The van der Waals surface area contributed by atoms with E-state index in [-0.39, 0.29) is 0 Å². The van der Waals surface area contributed by atoms with Crippen LogP contribution in [0.2, 0.25) is 0 Å². The molecule has 7 heteroatoms. The Morgan fingerprint density at radius 3 is 2.95 bits per heavy atom. The zero-order chi connectivity index (χ0) is 13.9. The fraction of sp³-hybridized carbons (Fsp3) is 0.154. The van der Waals surface area contributed by atoms with Crippen LogP contribution in [0.15, 0.2) is 36.0 Å². The molecule has 0 saturated heterocycles. The van der Waals surface area contributed by atoms with Crippen LogP contribution in [-0.2, 0) is 13.5 Å². The van der Waals surface area contributed by atoms with E-state index in [1.54, 1.807) is 22.2 Å². The lowest BCUT2D eigenvalue weighted by atomic mass is 10.2. The number of rotatable bonds is 4. The summed E-state index contributed by atoms with van der Waals surface area (Å²) in [5.41, 5.74) is 4.34. The van der Waals surface area contributed by atoms with Crippen LogP contribution < -0.4 is 11.3 Å². The van der Waals surface area contributed by atoms with Crippen LogP contribution in [-0.4, -0.2) is 19.7 Å². The summed E-state index contributed by atoms with van der Waals surface area (Å²) in [6, 6.07) is 5.91. The molecule has 0 spiro atoms. The summed E-state index contributed by atoms with van der Waals surface area (Å²) in [4.78, 5) is 10.2. The molecular weight excluding hydrogens is 272 g/mol. The van der Waals surface area contributed by atoms with E-state index in [0.717, 1.165) is 17.1 Å². The first-order chi connectivity index (χ1) is 9.74. The number of anilines is 1. The predicted octanol–water partition coefficient (Wildman–Crippen LogP) is 1.81. The molecule has 102 valence electrons. The Bertz CT molecular complexity index is 703. The van der Waals surface area contributed by atoms with E-state index in [9.17, 15) is 0 Å². The molecule has 0 bridgehead atoms. The lowest BCUT2D eigenvalue weighted by molar-refractivity contribution is 0.768. The summed E-state index contributed by atoms with van der Waals surface area (Å²) < 4.78 is 1.74. The number of hydrogen-bond acceptors (Lipinski definition) is 6. The maximum absolute atomic E-state index is 5.49. The molecule has 0 amide bonds. The Morgan fingerprint density at radius 1 is 1.40 bits per heavy atom. The molecule has 3 aromatic rings. The van der Waals surface area contributed by atoms with Crippen LogP contribution in [0.5, 0.6) is 0 Å². The number of hydrazine groups is 1. The maximum Gasteiger partial charge on any atom is 0.144 e. The van der Waals surface area contributed by atoms with Crippen LogP contribution in [0, 0.1) is 0 Å². The van der Waals surface area contributed by atoms with Gasteiger partial charge in [0.05, 0.1) is 11.9 Å². The summed E-state index contributed by atoms with van der Waals surface area (Å²) in [5.74, 6) is 6.83. The van der Waals surface area contributed by atoms with Gasteiger partial charge in [0.15, 0.2) is 0 Å². The Balaban J connectivity index is 1.98. The minimum atomic E-state index is 0.602. The number of hydrogen-bond donors (Lipinski definition) is 2. The first kappa shape index (κ1) is 12.8. The molecule has 3 rings (SSSR count). The lowest BCUT2D eigenvalue weighted by Crippen LogP contribution is -2.11. The van der Waals surface area contributed by atoms with Crippen molar-refractivity contribution >= 4 is 17.2 Å². The van der Waals surface area contributed by atoms with E-state index in [1.165, 1.54) is 4.88 Å². The van der Waals surface area contributed by atoms with Crippen molar-refractivity contribution in [1.29, 1.82) is 0 Å². The average Bonchev–Trinajstić information content (AvgIpc) is 3.10. The van der Waals surface area contributed by atoms with Crippen molar-refractivity contribution < 1.29 is 0 Å². The van der Waals surface area contributed by atoms with Crippen molar-refractivity contribution in [1.82, 2.24) is 19.7 Å². The SMILES string of the molecule is Cn1cc(-c2cc(NN)nc(Cc3cccs3)n2)cn1. The van der Waals surface area contributed by atoms with Gasteiger partial charge in [-0.2, -0.15) is 5.10 Å². The first-order valence-corrected chi connectivity index (χ1v) is 6.98. The zero-order valence-electron chi connectivity index (χ0n) is 10.9. The van der Waals surface area contributed by atoms with E-state index in [2.05, 4.69) is 26.6 Å². The molecule has 3 N–H and O–H groups in total. The summed E-state index contributed by atoms with van der Waals surface area (Å²) in [6.07, 6.45) is 4.38. The molecule has 0 aromatic carbocycles. The number of nitrogen functional groups attached to an aromatic ring is 1. The second kappa shape index (κ2) is 5.40. The van der Waals surface area contributed by atoms with Crippen molar-refractivity contribution in [2.45, 2.75) is 6.42 Å². The molecule has 0 saturated carbocycles. The Morgan fingerprint density at radius 2 is 2.30 bits per heavy atom. The van der Waals surface area contributed by atoms with Crippen LogP contribution in [0.1, 0.15) is 10.7 Å². The van der Waals surface area contributed by atoms with E-state index < -0.39 is 0 Å². The van der Waals surface area contributed by atoms with Crippen LogP contribution in [0.4, 0.5) is 5.82 Å². The molecule has 0 radical (unpaired) electrons. The fourth-order valence-corrected chi connectivity index (χ4v) is 2.62. The number of thiophene rings is 1. The predicted molar refractivity (Wildman–Crippen MR) is 79.2 cm³/mol. The van der Waals surface area contributed by atoms with Gasteiger partial charge in [0.25, 0.3) is 0 Å². The smallest absolute Gasteiger partial charge is 0.144 e. The molecule has 0 aliphatic rings.